The van der Waals surface area contributed by atoms with Crippen molar-refractivity contribution in [1.82, 2.24) is 15.2 Å². The lowest BCUT2D eigenvalue weighted by Crippen LogP contribution is -2.56. The van der Waals surface area contributed by atoms with E-state index in [0.29, 0.717) is 13.1 Å². The van der Waals surface area contributed by atoms with Crippen molar-refractivity contribution in [2.45, 2.75) is 32.9 Å². The number of pyridine rings is 1. The van der Waals surface area contributed by atoms with Gasteiger partial charge in [-0.05, 0) is 32.9 Å². The number of carbonyl (C=O) groups excluding carboxylic acids is 1. The van der Waals surface area contributed by atoms with Gasteiger partial charge in [-0.1, -0.05) is 0 Å². The summed E-state index contributed by atoms with van der Waals surface area (Å²) in [5, 5.41) is 3.36. The van der Waals surface area contributed by atoms with Crippen LogP contribution in [0.3, 0.4) is 0 Å². The van der Waals surface area contributed by atoms with Crippen LogP contribution in [0.5, 0.6) is 0 Å². The Bertz CT molecular complexity index is 505. The van der Waals surface area contributed by atoms with E-state index < -0.39 is 0 Å². The van der Waals surface area contributed by atoms with Crippen LogP contribution < -0.4 is 10.9 Å². The zero-order chi connectivity index (χ0) is 13.3. The van der Waals surface area contributed by atoms with Crippen molar-refractivity contribution in [3.05, 3.63) is 33.7 Å². The predicted octanol–water partition coefficient (Wildman–Crippen LogP) is 0.928. The number of hydrogen-bond donors (Lipinski definition) is 2. The molecular formula is C13H20ClN3O2. The third-order valence-electron chi connectivity index (χ3n) is 3.13. The van der Waals surface area contributed by atoms with E-state index in [1.54, 1.807) is 24.0 Å². The van der Waals surface area contributed by atoms with E-state index >= 15 is 0 Å². The summed E-state index contributed by atoms with van der Waals surface area (Å²) < 4.78 is 0. The molecule has 19 heavy (non-hydrogen) atoms. The molecule has 1 aliphatic heterocycles. The molecule has 2 atom stereocenters. The van der Waals surface area contributed by atoms with Crippen LogP contribution in [0.4, 0.5) is 0 Å². The number of nitrogens with one attached hydrogen (secondary N) is 2. The topological polar surface area (TPSA) is 65.2 Å². The Morgan fingerprint density at radius 1 is 1.26 bits per heavy atom. The van der Waals surface area contributed by atoms with Gasteiger partial charge in [0.1, 0.15) is 5.56 Å². The quantitative estimate of drug-likeness (QED) is 0.807. The summed E-state index contributed by atoms with van der Waals surface area (Å²) in [6.45, 7) is 7.14. The molecule has 0 radical (unpaired) electrons. The summed E-state index contributed by atoms with van der Waals surface area (Å²) in [6.07, 6.45) is 0. The first-order valence-electron chi connectivity index (χ1n) is 6.22. The van der Waals surface area contributed by atoms with Crippen LogP contribution in [0, 0.1) is 6.92 Å². The van der Waals surface area contributed by atoms with Crippen LogP contribution in [0.2, 0.25) is 0 Å². The molecule has 0 bridgehead atoms. The molecule has 5 nitrogen and oxygen atoms in total. The zero-order valence-electron chi connectivity index (χ0n) is 11.4. The normalized spacial score (nSPS) is 22.8. The monoisotopic (exact) mass is 285 g/mol. The van der Waals surface area contributed by atoms with Crippen LogP contribution in [-0.2, 0) is 0 Å². The van der Waals surface area contributed by atoms with Gasteiger partial charge in [0, 0.05) is 30.9 Å². The maximum atomic E-state index is 12.3. The average Bonchev–Trinajstić information content (AvgIpc) is 2.26. The molecule has 0 aliphatic carbocycles. The second-order valence-electron chi connectivity index (χ2n) is 5.06. The second kappa shape index (κ2) is 6.21. The van der Waals surface area contributed by atoms with Gasteiger partial charge in [-0.3, -0.25) is 9.59 Å². The van der Waals surface area contributed by atoms with E-state index in [1.807, 2.05) is 13.8 Å². The predicted molar refractivity (Wildman–Crippen MR) is 77.0 cm³/mol. The molecule has 106 valence electrons. The van der Waals surface area contributed by atoms with Crippen molar-refractivity contribution in [3.63, 3.8) is 0 Å². The minimum absolute atomic E-state index is 0. The minimum Gasteiger partial charge on any atom is -0.335 e. The summed E-state index contributed by atoms with van der Waals surface area (Å²) in [5.74, 6) is -0.184. The standard InChI is InChI=1S/C13H19N3O2.ClH/c1-8-4-5-11(12(17)15-8)13(18)16-6-9(2)14-10(3)7-16;/h4-5,9-10,14H,6-7H2,1-3H3,(H,15,17);1H. The number of carbonyl (C=O) groups is 1. The summed E-state index contributed by atoms with van der Waals surface area (Å²) >= 11 is 0. The van der Waals surface area contributed by atoms with E-state index in [-0.39, 0.29) is 41.5 Å². The van der Waals surface area contributed by atoms with E-state index in [0.717, 1.165) is 5.69 Å². The van der Waals surface area contributed by atoms with Crippen LogP contribution in [-0.4, -0.2) is 41.0 Å². The van der Waals surface area contributed by atoms with Gasteiger partial charge in [0.2, 0.25) is 0 Å². The molecule has 0 aromatic carbocycles. The van der Waals surface area contributed by atoms with E-state index in [9.17, 15) is 9.59 Å². The Kier molecular flexibility index (Phi) is 5.14. The molecule has 1 fully saturated rings. The second-order valence-corrected chi connectivity index (χ2v) is 5.06. The summed E-state index contributed by atoms with van der Waals surface area (Å²) in [6, 6.07) is 3.86. The van der Waals surface area contributed by atoms with Crippen molar-refractivity contribution in [2.75, 3.05) is 13.1 Å². The Hall–Kier alpha value is -1.33. The molecular weight excluding hydrogens is 266 g/mol. The first-order valence-corrected chi connectivity index (χ1v) is 6.22. The van der Waals surface area contributed by atoms with Crippen LogP contribution in [0.15, 0.2) is 16.9 Å². The maximum absolute atomic E-state index is 12.3. The molecule has 1 aromatic rings. The minimum atomic E-state index is -0.307. The third kappa shape index (κ3) is 3.58. The highest BCUT2D eigenvalue weighted by Crippen LogP contribution is 2.08. The highest BCUT2D eigenvalue weighted by atomic mass is 35.5. The third-order valence-corrected chi connectivity index (χ3v) is 3.13. The number of rotatable bonds is 1. The number of aromatic amines is 1. The lowest BCUT2D eigenvalue weighted by Gasteiger charge is -2.36. The fourth-order valence-corrected chi connectivity index (χ4v) is 2.40. The fraction of sp³-hybridized carbons (Fsp3) is 0.538. The average molecular weight is 286 g/mol. The molecule has 0 spiro atoms. The number of halogens is 1. The van der Waals surface area contributed by atoms with Crippen LogP contribution in [0.25, 0.3) is 0 Å². The van der Waals surface area contributed by atoms with E-state index in [1.165, 1.54) is 0 Å². The summed E-state index contributed by atoms with van der Waals surface area (Å²) in [5.41, 5.74) is 0.680. The number of hydrogen-bond acceptors (Lipinski definition) is 3. The molecule has 6 heteroatoms. The van der Waals surface area contributed by atoms with E-state index in [2.05, 4.69) is 10.3 Å². The highest BCUT2D eigenvalue weighted by Gasteiger charge is 2.26. The molecule has 2 N–H and O–H groups in total. The Morgan fingerprint density at radius 2 is 1.84 bits per heavy atom. The molecule has 2 rings (SSSR count). The lowest BCUT2D eigenvalue weighted by atomic mass is 10.1. The number of nitrogens with zero attached hydrogens (tertiary/aromatic N) is 1. The zero-order valence-corrected chi connectivity index (χ0v) is 12.2. The fourth-order valence-electron chi connectivity index (χ4n) is 2.40. The first-order chi connectivity index (χ1) is 8.47. The molecule has 1 aromatic heterocycles. The van der Waals surface area contributed by atoms with Gasteiger partial charge < -0.3 is 15.2 Å². The molecule has 1 saturated heterocycles. The van der Waals surface area contributed by atoms with Gasteiger partial charge in [-0.2, -0.15) is 0 Å². The Labute approximate surface area is 118 Å². The van der Waals surface area contributed by atoms with Crippen molar-refractivity contribution < 1.29 is 4.79 Å². The smallest absolute Gasteiger partial charge is 0.260 e. The van der Waals surface area contributed by atoms with E-state index in [4.69, 9.17) is 0 Å². The van der Waals surface area contributed by atoms with Gasteiger partial charge in [-0.15, -0.1) is 12.4 Å². The van der Waals surface area contributed by atoms with Crippen LogP contribution >= 0.6 is 12.4 Å². The molecule has 1 amide bonds. The largest absolute Gasteiger partial charge is 0.335 e. The summed E-state index contributed by atoms with van der Waals surface area (Å²) in [4.78, 5) is 28.5. The van der Waals surface area contributed by atoms with Gasteiger partial charge in [0.15, 0.2) is 0 Å². The van der Waals surface area contributed by atoms with Gasteiger partial charge in [0.05, 0.1) is 0 Å². The molecule has 0 saturated carbocycles. The van der Waals surface area contributed by atoms with Gasteiger partial charge in [0.25, 0.3) is 11.5 Å². The number of piperazine rings is 1. The Morgan fingerprint density at radius 3 is 2.37 bits per heavy atom. The lowest BCUT2D eigenvalue weighted by molar-refractivity contribution is 0.0672. The SMILES string of the molecule is Cc1ccc(C(=O)N2CC(C)NC(C)C2)c(=O)[nH]1.Cl. The van der Waals surface area contributed by atoms with Crippen molar-refractivity contribution in [3.8, 4) is 0 Å². The molecule has 2 heterocycles. The van der Waals surface area contributed by atoms with Crippen molar-refractivity contribution in [2.24, 2.45) is 0 Å². The van der Waals surface area contributed by atoms with Gasteiger partial charge in [-0.25, -0.2) is 0 Å². The molecule has 1 aliphatic rings. The Balaban J connectivity index is 0.00000180. The number of aryl methyl sites for hydroxylation is 1. The number of aromatic nitrogens is 1. The van der Waals surface area contributed by atoms with Crippen molar-refractivity contribution >= 4 is 18.3 Å². The highest BCUT2D eigenvalue weighted by molar-refractivity contribution is 5.94. The van der Waals surface area contributed by atoms with Crippen LogP contribution in [0.1, 0.15) is 29.9 Å². The van der Waals surface area contributed by atoms with Gasteiger partial charge >= 0.3 is 0 Å². The number of amides is 1. The maximum Gasteiger partial charge on any atom is 0.260 e. The van der Waals surface area contributed by atoms with Crippen molar-refractivity contribution in [1.29, 1.82) is 0 Å². The molecule has 2 unspecified atom stereocenters. The first kappa shape index (κ1) is 15.7. The summed E-state index contributed by atoms with van der Waals surface area (Å²) in [7, 11) is 0. The number of H-pyrrole nitrogens is 1.